The van der Waals surface area contributed by atoms with Crippen molar-refractivity contribution < 1.29 is 14.6 Å². The van der Waals surface area contributed by atoms with Crippen LogP contribution in [0.1, 0.15) is 12.8 Å². The fraction of sp³-hybridized carbons (Fsp3) is 0.500. The minimum Gasteiger partial charge on any atom is -0.478 e. The van der Waals surface area contributed by atoms with Gasteiger partial charge in [0.25, 0.3) is 5.56 Å². The van der Waals surface area contributed by atoms with E-state index in [0.717, 1.165) is 36.3 Å². The van der Waals surface area contributed by atoms with Gasteiger partial charge in [0.1, 0.15) is 0 Å². The van der Waals surface area contributed by atoms with Gasteiger partial charge in [0.05, 0.1) is 30.1 Å². The fourth-order valence-electron chi connectivity index (χ4n) is 2.31. The number of carboxylic acid groups (broad SMARTS) is 1. The molecule has 1 aliphatic rings. The molecule has 0 spiro atoms. The highest BCUT2D eigenvalue weighted by molar-refractivity contribution is 5.85. The van der Waals surface area contributed by atoms with E-state index in [2.05, 4.69) is 16.6 Å². The van der Waals surface area contributed by atoms with Gasteiger partial charge >= 0.3 is 5.97 Å². The standard InChI is InChI=1S/C14H19N3O4/c1-10(14(19)20)9-17-13(18)7-11(8-15-17)16-5-3-12(21-2)4-6-16/h7-8,12H,1,3-6,9H2,2H3,(H,19,20). The second kappa shape index (κ2) is 6.53. The molecule has 1 aromatic rings. The van der Waals surface area contributed by atoms with Gasteiger partial charge < -0.3 is 14.7 Å². The molecule has 0 unspecified atom stereocenters. The average Bonchev–Trinajstić information content (AvgIpc) is 2.49. The van der Waals surface area contributed by atoms with Crippen molar-refractivity contribution in [1.29, 1.82) is 0 Å². The molecule has 114 valence electrons. The van der Waals surface area contributed by atoms with Crippen LogP contribution in [0.2, 0.25) is 0 Å². The molecule has 0 aliphatic carbocycles. The third kappa shape index (κ3) is 3.69. The molecule has 2 heterocycles. The summed E-state index contributed by atoms with van der Waals surface area (Å²) >= 11 is 0. The molecule has 0 atom stereocenters. The van der Waals surface area contributed by atoms with E-state index in [1.807, 2.05) is 0 Å². The number of anilines is 1. The van der Waals surface area contributed by atoms with E-state index in [1.54, 1.807) is 13.3 Å². The predicted molar refractivity (Wildman–Crippen MR) is 77.5 cm³/mol. The van der Waals surface area contributed by atoms with Gasteiger partial charge in [-0.05, 0) is 12.8 Å². The van der Waals surface area contributed by atoms with E-state index in [1.165, 1.54) is 6.07 Å². The third-order valence-electron chi connectivity index (χ3n) is 3.64. The van der Waals surface area contributed by atoms with E-state index >= 15 is 0 Å². The molecule has 2 rings (SSSR count). The summed E-state index contributed by atoms with van der Waals surface area (Å²) in [5, 5.41) is 12.8. The number of rotatable bonds is 5. The minimum absolute atomic E-state index is 0.0711. The van der Waals surface area contributed by atoms with Crippen molar-refractivity contribution in [2.75, 3.05) is 25.1 Å². The van der Waals surface area contributed by atoms with Gasteiger partial charge in [0.2, 0.25) is 0 Å². The molecular weight excluding hydrogens is 274 g/mol. The highest BCUT2D eigenvalue weighted by atomic mass is 16.5. The van der Waals surface area contributed by atoms with Gasteiger partial charge in [-0.2, -0.15) is 5.10 Å². The molecule has 7 nitrogen and oxygen atoms in total. The summed E-state index contributed by atoms with van der Waals surface area (Å²) in [4.78, 5) is 24.8. The summed E-state index contributed by atoms with van der Waals surface area (Å²) in [7, 11) is 1.71. The van der Waals surface area contributed by atoms with Crippen LogP contribution in [0.25, 0.3) is 0 Å². The smallest absolute Gasteiger partial charge is 0.332 e. The van der Waals surface area contributed by atoms with Crippen LogP contribution in [0.15, 0.2) is 29.2 Å². The van der Waals surface area contributed by atoms with Crippen molar-refractivity contribution >= 4 is 11.7 Å². The number of piperidine rings is 1. The predicted octanol–water partition coefficient (Wildman–Crippen LogP) is 0.499. The zero-order chi connectivity index (χ0) is 15.4. The molecular formula is C14H19N3O4. The molecule has 0 amide bonds. The minimum atomic E-state index is -1.13. The molecule has 1 aliphatic heterocycles. The summed E-state index contributed by atoms with van der Waals surface area (Å²) in [6.07, 6.45) is 3.68. The van der Waals surface area contributed by atoms with E-state index in [-0.39, 0.29) is 23.8 Å². The number of carboxylic acids is 1. The lowest BCUT2D eigenvalue weighted by Crippen LogP contribution is -2.37. The van der Waals surface area contributed by atoms with Gasteiger partial charge in [0.15, 0.2) is 0 Å². The maximum absolute atomic E-state index is 12.0. The molecule has 0 radical (unpaired) electrons. The Balaban J connectivity index is 2.07. The van der Waals surface area contributed by atoms with E-state index in [0.29, 0.717) is 0 Å². The Morgan fingerprint density at radius 3 is 2.71 bits per heavy atom. The molecule has 7 heteroatoms. The second-order valence-corrected chi connectivity index (χ2v) is 5.04. The SMILES string of the molecule is C=C(Cn1ncc(N2CCC(OC)CC2)cc1=O)C(=O)O. The Morgan fingerprint density at radius 1 is 1.52 bits per heavy atom. The molecule has 21 heavy (non-hydrogen) atoms. The first kappa shape index (κ1) is 15.2. The van der Waals surface area contributed by atoms with Crippen molar-refractivity contribution in [1.82, 2.24) is 9.78 Å². The molecule has 1 saturated heterocycles. The zero-order valence-electron chi connectivity index (χ0n) is 12.0. The Hall–Kier alpha value is -2.15. The summed E-state index contributed by atoms with van der Waals surface area (Å²) < 4.78 is 6.41. The van der Waals surface area contributed by atoms with E-state index < -0.39 is 5.97 Å². The molecule has 1 aromatic heterocycles. The van der Waals surface area contributed by atoms with Crippen LogP contribution in [0.5, 0.6) is 0 Å². The molecule has 0 aromatic carbocycles. The van der Waals surface area contributed by atoms with Crippen molar-refractivity contribution in [2.45, 2.75) is 25.5 Å². The molecule has 0 bridgehead atoms. The Bertz CT molecular complexity index is 588. The van der Waals surface area contributed by atoms with Crippen LogP contribution in [-0.4, -0.2) is 47.2 Å². The number of nitrogens with zero attached hydrogens (tertiary/aromatic N) is 3. The van der Waals surface area contributed by atoms with Crippen LogP contribution in [0, 0.1) is 0 Å². The van der Waals surface area contributed by atoms with E-state index in [9.17, 15) is 9.59 Å². The summed E-state index contributed by atoms with van der Waals surface area (Å²) in [5.74, 6) is -1.13. The number of ether oxygens (including phenoxy) is 1. The lowest BCUT2D eigenvalue weighted by molar-refractivity contribution is -0.132. The maximum Gasteiger partial charge on any atom is 0.332 e. The lowest BCUT2D eigenvalue weighted by Gasteiger charge is -2.32. The first-order valence-electron chi connectivity index (χ1n) is 6.77. The number of aliphatic carboxylic acids is 1. The van der Waals surface area contributed by atoms with Crippen LogP contribution < -0.4 is 10.5 Å². The highest BCUT2D eigenvalue weighted by Crippen LogP contribution is 2.18. The van der Waals surface area contributed by atoms with Crippen LogP contribution in [0.4, 0.5) is 5.69 Å². The number of methoxy groups -OCH3 is 1. The molecule has 1 fully saturated rings. The first-order valence-corrected chi connectivity index (χ1v) is 6.77. The first-order chi connectivity index (χ1) is 10.0. The topological polar surface area (TPSA) is 84.7 Å². The van der Waals surface area contributed by atoms with Crippen molar-refractivity contribution in [3.63, 3.8) is 0 Å². The number of hydrogen-bond acceptors (Lipinski definition) is 5. The number of hydrogen-bond donors (Lipinski definition) is 1. The molecule has 1 N–H and O–H groups in total. The second-order valence-electron chi connectivity index (χ2n) is 5.04. The summed E-state index contributed by atoms with van der Waals surface area (Å²) in [6, 6.07) is 1.48. The van der Waals surface area contributed by atoms with Gasteiger partial charge in [-0.15, -0.1) is 0 Å². The normalized spacial score (nSPS) is 16.0. The average molecular weight is 293 g/mol. The summed E-state index contributed by atoms with van der Waals surface area (Å²) in [5.41, 5.74) is 0.355. The molecule has 0 saturated carbocycles. The van der Waals surface area contributed by atoms with Crippen LogP contribution >= 0.6 is 0 Å². The van der Waals surface area contributed by atoms with Crippen LogP contribution in [0.3, 0.4) is 0 Å². The Morgan fingerprint density at radius 2 is 2.19 bits per heavy atom. The zero-order valence-corrected chi connectivity index (χ0v) is 12.0. The third-order valence-corrected chi connectivity index (χ3v) is 3.64. The van der Waals surface area contributed by atoms with Gasteiger partial charge in [-0.1, -0.05) is 6.58 Å². The van der Waals surface area contributed by atoms with Crippen molar-refractivity contribution in [3.05, 3.63) is 34.8 Å². The van der Waals surface area contributed by atoms with Gasteiger partial charge in [0, 0.05) is 26.3 Å². The van der Waals surface area contributed by atoms with Crippen molar-refractivity contribution in [3.8, 4) is 0 Å². The lowest BCUT2D eigenvalue weighted by atomic mass is 10.1. The summed E-state index contributed by atoms with van der Waals surface area (Å²) in [6.45, 7) is 4.91. The largest absolute Gasteiger partial charge is 0.478 e. The van der Waals surface area contributed by atoms with Crippen molar-refractivity contribution in [2.24, 2.45) is 0 Å². The monoisotopic (exact) mass is 293 g/mol. The van der Waals surface area contributed by atoms with Gasteiger partial charge in [-0.25, -0.2) is 9.48 Å². The Kier molecular flexibility index (Phi) is 4.74. The quantitative estimate of drug-likeness (QED) is 0.796. The van der Waals surface area contributed by atoms with E-state index in [4.69, 9.17) is 9.84 Å². The number of carbonyl (C=O) groups is 1. The van der Waals surface area contributed by atoms with Gasteiger partial charge in [-0.3, -0.25) is 4.79 Å². The highest BCUT2D eigenvalue weighted by Gasteiger charge is 2.19. The maximum atomic E-state index is 12.0. The fourth-order valence-corrected chi connectivity index (χ4v) is 2.31. The Labute approximate surface area is 122 Å². The van der Waals surface area contributed by atoms with Crippen LogP contribution in [-0.2, 0) is 16.1 Å². The number of aromatic nitrogens is 2.